The molecule has 27 heavy (non-hydrogen) atoms. The molecule has 0 aliphatic carbocycles. The molecule has 0 aromatic heterocycles. The highest BCUT2D eigenvalue weighted by atomic mass is 19.4. The molecule has 2 aromatic rings. The Hall–Kier alpha value is -3.10. The number of carbonyl (C=O) groups excluding carboxylic acids is 2. The van der Waals surface area contributed by atoms with Crippen LogP contribution in [0.4, 0.5) is 17.6 Å². The van der Waals surface area contributed by atoms with Gasteiger partial charge in [0.05, 0.1) is 6.42 Å². The highest BCUT2D eigenvalue weighted by molar-refractivity contribution is 5.81. The number of esters is 1. The Labute approximate surface area is 151 Å². The van der Waals surface area contributed by atoms with E-state index < -0.39 is 36.4 Å². The maximum atomic E-state index is 13.4. The van der Waals surface area contributed by atoms with Gasteiger partial charge in [-0.1, -0.05) is 36.4 Å². The van der Waals surface area contributed by atoms with Gasteiger partial charge in [0, 0.05) is 12.1 Å². The lowest BCUT2D eigenvalue weighted by Gasteiger charge is -2.13. The Morgan fingerprint density at radius 3 is 2.26 bits per heavy atom. The van der Waals surface area contributed by atoms with Crippen molar-refractivity contribution in [1.82, 2.24) is 5.32 Å². The van der Waals surface area contributed by atoms with Gasteiger partial charge < -0.3 is 14.8 Å². The Morgan fingerprint density at radius 1 is 0.963 bits per heavy atom. The summed E-state index contributed by atoms with van der Waals surface area (Å²) in [5, 5.41) is 2.32. The van der Waals surface area contributed by atoms with Gasteiger partial charge in [0.15, 0.2) is 6.61 Å². The summed E-state index contributed by atoms with van der Waals surface area (Å²) in [6.45, 7) is -0.897. The van der Waals surface area contributed by atoms with Crippen molar-refractivity contribution in [3.63, 3.8) is 0 Å². The number of nitrogens with one attached hydrogen (secondary N) is 1. The van der Waals surface area contributed by atoms with Crippen LogP contribution in [0.3, 0.4) is 0 Å². The minimum atomic E-state index is -4.86. The van der Waals surface area contributed by atoms with Crippen LogP contribution in [0.5, 0.6) is 5.75 Å². The SMILES string of the molecule is O=C(COC(=O)Cc1ccccc1F)NCc1ccccc1OC(F)(F)F. The molecule has 0 fully saturated rings. The molecule has 0 unspecified atom stereocenters. The summed E-state index contributed by atoms with van der Waals surface area (Å²) in [7, 11) is 0. The summed E-state index contributed by atoms with van der Waals surface area (Å²) >= 11 is 0. The van der Waals surface area contributed by atoms with Crippen molar-refractivity contribution < 1.29 is 36.6 Å². The van der Waals surface area contributed by atoms with Crippen molar-refractivity contribution >= 4 is 11.9 Å². The second-order valence-corrected chi connectivity index (χ2v) is 5.36. The number of rotatable bonds is 7. The minimum absolute atomic E-state index is 0.0980. The van der Waals surface area contributed by atoms with Gasteiger partial charge in [0.1, 0.15) is 11.6 Å². The molecule has 0 spiro atoms. The molecule has 2 rings (SSSR count). The van der Waals surface area contributed by atoms with E-state index in [4.69, 9.17) is 4.74 Å². The number of hydrogen-bond acceptors (Lipinski definition) is 4. The van der Waals surface area contributed by atoms with Crippen LogP contribution in [-0.2, 0) is 27.3 Å². The van der Waals surface area contributed by atoms with Gasteiger partial charge >= 0.3 is 12.3 Å². The van der Waals surface area contributed by atoms with Crippen LogP contribution in [0.2, 0.25) is 0 Å². The quantitative estimate of drug-likeness (QED) is 0.588. The van der Waals surface area contributed by atoms with E-state index in [-0.39, 0.29) is 24.1 Å². The normalized spacial score (nSPS) is 11.0. The van der Waals surface area contributed by atoms with Crippen LogP contribution in [0, 0.1) is 5.82 Å². The number of amides is 1. The maximum absolute atomic E-state index is 13.4. The molecule has 144 valence electrons. The van der Waals surface area contributed by atoms with Gasteiger partial charge in [-0.2, -0.15) is 0 Å². The van der Waals surface area contributed by atoms with Crippen molar-refractivity contribution in [2.75, 3.05) is 6.61 Å². The number of carbonyl (C=O) groups is 2. The maximum Gasteiger partial charge on any atom is 0.573 e. The lowest BCUT2D eigenvalue weighted by Crippen LogP contribution is -2.29. The predicted octanol–water partition coefficient (Wildman–Crippen LogP) is 3.13. The fourth-order valence-electron chi connectivity index (χ4n) is 2.11. The Balaban J connectivity index is 1.81. The molecule has 2 aromatic carbocycles. The molecule has 0 heterocycles. The molecule has 0 radical (unpaired) electrons. The monoisotopic (exact) mass is 385 g/mol. The van der Waals surface area contributed by atoms with Crippen LogP contribution in [0.25, 0.3) is 0 Å². The van der Waals surface area contributed by atoms with Gasteiger partial charge in [-0.15, -0.1) is 13.2 Å². The number of alkyl halides is 3. The fourth-order valence-corrected chi connectivity index (χ4v) is 2.11. The van der Waals surface area contributed by atoms with Crippen LogP contribution in [0.15, 0.2) is 48.5 Å². The third kappa shape index (κ3) is 6.96. The third-order valence-electron chi connectivity index (χ3n) is 3.33. The smallest absolute Gasteiger partial charge is 0.455 e. The first kappa shape index (κ1) is 20.2. The average molecular weight is 385 g/mol. The van der Waals surface area contributed by atoms with Crippen LogP contribution < -0.4 is 10.1 Å². The Bertz CT molecular complexity index is 808. The fraction of sp³-hybridized carbons (Fsp3) is 0.222. The Kier molecular flexibility index (Phi) is 6.75. The number of para-hydroxylation sites is 1. The molecule has 1 N–H and O–H groups in total. The summed E-state index contributed by atoms with van der Waals surface area (Å²) in [6.07, 6.45) is -5.20. The molecule has 0 atom stereocenters. The summed E-state index contributed by atoms with van der Waals surface area (Å²) in [4.78, 5) is 23.4. The van der Waals surface area contributed by atoms with Crippen molar-refractivity contribution in [1.29, 1.82) is 0 Å². The molecule has 5 nitrogen and oxygen atoms in total. The first-order chi connectivity index (χ1) is 12.7. The standard InChI is InChI=1S/C18H15F4NO4/c19-14-7-3-1-5-12(14)9-17(25)26-11-16(24)23-10-13-6-2-4-8-15(13)27-18(20,21)22/h1-8H,9-11H2,(H,23,24). The van der Waals surface area contributed by atoms with Gasteiger partial charge in [-0.05, 0) is 17.7 Å². The topological polar surface area (TPSA) is 64.6 Å². The van der Waals surface area contributed by atoms with Crippen molar-refractivity contribution in [3.8, 4) is 5.75 Å². The summed E-state index contributed by atoms with van der Waals surface area (Å²) in [6, 6.07) is 10.9. The molecular weight excluding hydrogens is 370 g/mol. The molecule has 0 aliphatic rings. The predicted molar refractivity (Wildman–Crippen MR) is 86.0 cm³/mol. The lowest BCUT2D eigenvalue weighted by molar-refractivity contribution is -0.274. The molecule has 0 aliphatic heterocycles. The highest BCUT2D eigenvalue weighted by Crippen LogP contribution is 2.26. The van der Waals surface area contributed by atoms with E-state index in [9.17, 15) is 27.2 Å². The summed E-state index contributed by atoms with van der Waals surface area (Å²) in [5.74, 6) is -2.54. The van der Waals surface area contributed by atoms with Crippen molar-refractivity contribution in [2.45, 2.75) is 19.3 Å². The number of benzene rings is 2. The van der Waals surface area contributed by atoms with E-state index in [1.807, 2.05) is 0 Å². The first-order valence-corrected chi connectivity index (χ1v) is 7.74. The van der Waals surface area contributed by atoms with E-state index in [0.29, 0.717) is 0 Å². The molecule has 9 heteroatoms. The van der Waals surface area contributed by atoms with E-state index >= 15 is 0 Å². The van der Waals surface area contributed by atoms with E-state index in [0.717, 1.165) is 6.07 Å². The van der Waals surface area contributed by atoms with Crippen molar-refractivity contribution in [2.24, 2.45) is 0 Å². The molecule has 0 saturated heterocycles. The zero-order valence-corrected chi connectivity index (χ0v) is 13.9. The van der Waals surface area contributed by atoms with Gasteiger partial charge in [0.2, 0.25) is 0 Å². The van der Waals surface area contributed by atoms with E-state index in [1.54, 1.807) is 6.07 Å². The average Bonchev–Trinajstić information content (AvgIpc) is 2.60. The largest absolute Gasteiger partial charge is 0.573 e. The third-order valence-corrected chi connectivity index (χ3v) is 3.33. The van der Waals surface area contributed by atoms with Crippen molar-refractivity contribution in [3.05, 3.63) is 65.5 Å². The van der Waals surface area contributed by atoms with E-state index in [2.05, 4.69) is 10.1 Å². The molecule has 1 amide bonds. The lowest BCUT2D eigenvalue weighted by atomic mass is 10.1. The minimum Gasteiger partial charge on any atom is -0.455 e. The Morgan fingerprint density at radius 2 is 1.59 bits per heavy atom. The van der Waals surface area contributed by atoms with Gasteiger partial charge in [-0.25, -0.2) is 4.39 Å². The summed E-state index contributed by atoms with van der Waals surface area (Å²) in [5.41, 5.74) is 0.224. The van der Waals surface area contributed by atoms with Gasteiger partial charge in [-0.3, -0.25) is 9.59 Å². The number of halogens is 4. The van der Waals surface area contributed by atoms with E-state index in [1.165, 1.54) is 36.4 Å². The van der Waals surface area contributed by atoms with Crippen LogP contribution in [0.1, 0.15) is 11.1 Å². The molecular formula is C18H15F4NO4. The zero-order chi connectivity index (χ0) is 19.9. The number of ether oxygens (including phenoxy) is 2. The van der Waals surface area contributed by atoms with Crippen LogP contribution >= 0.6 is 0 Å². The summed E-state index contributed by atoms with van der Waals surface area (Å²) < 4.78 is 59.1. The zero-order valence-electron chi connectivity index (χ0n) is 13.9. The number of hydrogen-bond donors (Lipinski definition) is 1. The molecule has 0 bridgehead atoms. The second kappa shape index (κ2) is 9.02. The molecule has 0 saturated carbocycles. The first-order valence-electron chi connectivity index (χ1n) is 7.74. The second-order valence-electron chi connectivity index (χ2n) is 5.36. The van der Waals surface area contributed by atoms with Gasteiger partial charge in [0.25, 0.3) is 5.91 Å². The van der Waals surface area contributed by atoms with Crippen LogP contribution in [-0.4, -0.2) is 24.8 Å². The highest BCUT2D eigenvalue weighted by Gasteiger charge is 2.32.